The number of carbonyl (C=O) groups is 1. The summed E-state index contributed by atoms with van der Waals surface area (Å²) in [7, 11) is 0. The van der Waals surface area contributed by atoms with Crippen molar-refractivity contribution in [1.82, 2.24) is 4.57 Å². The first kappa shape index (κ1) is 27.1. The number of hydrogen-bond donors (Lipinski definition) is 1. The van der Waals surface area contributed by atoms with E-state index in [-0.39, 0.29) is 20.5 Å². The molecule has 41 heavy (non-hydrogen) atoms. The van der Waals surface area contributed by atoms with Crippen LogP contribution in [0.2, 0.25) is 0 Å². The molecule has 0 fully saturated rings. The summed E-state index contributed by atoms with van der Waals surface area (Å²) in [6.07, 6.45) is 1.54. The molecule has 0 atom stereocenters. The molecule has 5 aromatic rings. The number of amides is 1. The maximum Gasteiger partial charge on any atom is 0.273 e. The minimum Gasteiger partial charge on any atom is -0.457 e. The third-order valence-electron chi connectivity index (χ3n) is 6.29. The fraction of sp³-hybridized carbons (Fsp3) is 0.0645. The van der Waals surface area contributed by atoms with E-state index in [1.807, 2.05) is 38.1 Å². The monoisotopic (exact) mass is 562 g/mol. The van der Waals surface area contributed by atoms with E-state index in [0.29, 0.717) is 28.5 Å². The van der Waals surface area contributed by atoms with Crippen molar-refractivity contribution in [3.05, 3.63) is 131 Å². The van der Waals surface area contributed by atoms with Crippen LogP contribution in [0.1, 0.15) is 16.9 Å². The minimum absolute atomic E-state index is 0.0363. The molecule has 0 saturated heterocycles. The Kier molecular flexibility index (Phi) is 7.45. The first-order valence-corrected chi connectivity index (χ1v) is 13.2. The number of nitro benzene ring substituents is 1. The van der Waals surface area contributed by atoms with Gasteiger partial charge in [-0.3, -0.25) is 24.3 Å². The molecule has 0 unspecified atom stereocenters. The number of rotatable bonds is 6. The average Bonchev–Trinajstić information content (AvgIpc) is 3.56. The Hall–Kier alpha value is -5.53. The first-order valence-electron chi connectivity index (χ1n) is 12.4. The predicted molar refractivity (Wildman–Crippen MR) is 157 cm³/mol. The highest BCUT2D eigenvalue weighted by molar-refractivity contribution is 7.07. The standard InChI is InChI=1S/C31H22N4O5S/c1-19-8-9-20(2)26(16-19)33-29(36)25(18-32)31-34(22-6-4-3-5-7-22)30(37)28(41-31)17-24-14-15-27(40-24)21-10-12-23(13-11-21)35(38)39/h3-17H,1-2H3,(H,33,36)/b28-17+,31-25-. The topological polar surface area (TPSA) is 131 Å². The van der Waals surface area contributed by atoms with Gasteiger partial charge >= 0.3 is 0 Å². The lowest BCUT2D eigenvalue weighted by molar-refractivity contribution is -0.384. The molecule has 0 aliphatic heterocycles. The summed E-state index contributed by atoms with van der Waals surface area (Å²) in [6, 6.07) is 25.7. The molecule has 10 heteroatoms. The number of nitriles is 1. The van der Waals surface area contributed by atoms with Gasteiger partial charge < -0.3 is 9.73 Å². The maximum absolute atomic E-state index is 13.7. The zero-order valence-corrected chi connectivity index (χ0v) is 22.8. The largest absolute Gasteiger partial charge is 0.457 e. The van der Waals surface area contributed by atoms with Crippen molar-refractivity contribution in [3.63, 3.8) is 0 Å². The molecule has 1 amide bonds. The average molecular weight is 563 g/mol. The van der Waals surface area contributed by atoms with Gasteiger partial charge in [-0.15, -0.1) is 11.3 Å². The summed E-state index contributed by atoms with van der Waals surface area (Å²) < 4.78 is 7.68. The van der Waals surface area contributed by atoms with Crippen LogP contribution in [0, 0.1) is 35.3 Å². The summed E-state index contributed by atoms with van der Waals surface area (Å²) in [5.74, 6) is 0.197. The molecule has 0 spiro atoms. The number of nitrogens with zero attached hydrogens (tertiary/aromatic N) is 3. The van der Waals surface area contributed by atoms with Gasteiger partial charge in [-0.2, -0.15) is 5.26 Å². The number of para-hydroxylation sites is 1. The van der Waals surface area contributed by atoms with Gasteiger partial charge in [-0.25, -0.2) is 0 Å². The molecule has 0 bridgehead atoms. The first-order chi connectivity index (χ1) is 19.7. The van der Waals surface area contributed by atoms with Crippen molar-refractivity contribution in [3.8, 4) is 23.1 Å². The van der Waals surface area contributed by atoms with Gasteiger partial charge in [0.25, 0.3) is 17.2 Å². The van der Waals surface area contributed by atoms with Crippen LogP contribution in [-0.2, 0) is 4.79 Å². The summed E-state index contributed by atoms with van der Waals surface area (Å²) in [4.78, 5) is 37.5. The maximum atomic E-state index is 13.7. The van der Waals surface area contributed by atoms with E-state index in [4.69, 9.17) is 4.42 Å². The van der Waals surface area contributed by atoms with Crippen LogP contribution >= 0.6 is 11.3 Å². The van der Waals surface area contributed by atoms with Gasteiger partial charge in [0.15, 0.2) is 5.57 Å². The van der Waals surface area contributed by atoms with Crippen molar-refractivity contribution in [2.24, 2.45) is 0 Å². The molecule has 3 aromatic carbocycles. The molecule has 2 heterocycles. The SMILES string of the molecule is Cc1ccc(C)c(NC(=O)/C(C#N)=c2\s/c(=C/c3ccc(-c4ccc([N+](=O)[O-])cc4)o3)c(=O)n2-c2ccccc2)c1. The Balaban J connectivity index is 1.63. The number of benzene rings is 3. The van der Waals surface area contributed by atoms with Crippen molar-refractivity contribution in [2.45, 2.75) is 13.8 Å². The van der Waals surface area contributed by atoms with E-state index in [9.17, 15) is 25.0 Å². The van der Waals surface area contributed by atoms with Crippen LogP contribution in [0.5, 0.6) is 0 Å². The smallest absolute Gasteiger partial charge is 0.273 e. The Morgan fingerprint density at radius 3 is 2.46 bits per heavy atom. The molecule has 9 nitrogen and oxygen atoms in total. The van der Waals surface area contributed by atoms with Crippen LogP contribution < -0.4 is 20.1 Å². The third kappa shape index (κ3) is 5.61. The van der Waals surface area contributed by atoms with Crippen LogP contribution in [0.15, 0.2) is 94.1 Å². The fourth-order valence-electron chi connectivity index (χ4n) is 4.17. The van der Waals surface area contributed by atoms with E-state index < -0.39 is 16.4 Å². The minimum atomic E-state index is -0.628. The quantitative estimate of drug-likeness (QED) is 0.233. The Bertz CT molecular complexity index is 2010. The second-order valence-corrected chi connectivity index (χ2v) is 10.2. The number of anilines is 1. The van der Waals surface area contributed by atoms with Gasteiger partial charge in [-0.1, -0.05) is 30.3 Å². The molecule has 202 valence electrons. The van der Waals surface area contributed by atoms with E-state index in [1.54, 1.807) is 60.7 Å². The van der Waals surface area contributed by atoms with Crippen molar-refractivity contribution >= 4 is 40.3 Å². The number of carbonyl (C=O) groups excluding carboxylic acids is 1. The number of nitrogens with one attached hydrogen (secondary N) is 1. The Labute approximate surface area is 237 Å². The van der Waals surface area contributed by atoms with E-state index in [1.165, 1.54) is 16.7 Å². The number of furan rings is 1. The van der Waals surface area contributed by atoms with E-state index in [0.717, 1.165) is 22.5 Å². The van der Waals surface area contributed by atoms with Crippen molar-refractivity contribution < 1.29 is 14.1 Å². The van der Waals surface area contributed by atoms with Gasteiger partial charge in [-0.05, 0) is 67.4 Å². The Morgan fingerprint density at radius 1 is 1.05 bits per heavy atom. The molecule has 1 N–H and O–H groups in total. The number of nitro groups is 1. The van der Waals surface area contributed by atoms with Gasteiger partial charge in [0.2, 0.25) is 0 Å². The molecule has 0 saturated carbocycles. The second-order valence-electron chi connectivity index (χ2n) is 9.16. The van der Waals surface area contributed by atoms with E-state index in [2.05, 4.69) is 5.32 Å². The fourth-order valence-corrected chi connectivity index (χ4v) is 5.26. The van der Waals surface area contributed by atoms with Gasteiger partial charge in [0.1, 0.15) is 22.3 Å². The molecular weight excluding hydrogens is 540 g/mol. The molecule has 0 aliphatic carbocycles. The van der Waals surface area contributed by atoms with Crippen LogP contribution in [0.25, 0.3) is 28.7 Å². The highest BCUT2D eigenvalue weighted by Crippen LogP contribution is 2.25. The van der Waals surface area contributed by atoms with Crippen LogP contribution in [0.4, 0.5) is 11.4 Å². The summed E-state index contributed by atoms with van der Waals surface area (Å²) in [5, 5.41) is 23.8. The Morgan fingerprint density at radius 2 is 1.78 bits per heavy atom. The summed E-state index contributed by atoms with van der Waals surface area (Å²) in [6.45, 7) is 3.76. The van der Waals surface area contributed by atoms with Crippen molar-refractivity contribution in [2.75, 3.05) is 5.32 Å². The molecule has 0 aliphatic rings. The number of non-ortho nitro benzene ring substituents is 1. The molecule has 2 aromatic heterocycles. The lowest BCUT2D eigenvalue weighted by atomic mass is 10.1. The lowest BCUT2D eigenvalue weighted by Crippen LogP contribution is -2.32. The van der Waals surface area contributed by atoms with Crippen molar-refractivity contribution in [1.29, 1.82) is 5.26 Å². The summed E-state index contributed by atoms with van der Waals surface area (Å²) in [5.41, 5.74) is 2.83. The number of aryl methyl sites for hydroxylation is 2. The highest BCUT2D eigenvalue weighted by Gasteiger charge is 2.18. The number of hydrogen-bond acceptors (Lipinski definition) is 7. The second kappa shape index (κ2) is 11.3. The molecular formula is C31H22N4O5S. The zero-order valence-electron chi connectivity index (χ0n) is 22.0. The van der Waals surface area contributed by atoms with Crippen LogP contribution in [0.3, 0.4) is 0 Å². The van der Waals surface area contributed by atoms with Gasteiger partial charge in [0, 0.05) is 29.5 Å². The van der Waals surface area contributed by atoms with E-state index >= 15 is 0 Å². The zero-order chi connectivity index (χ0) is 29.1. The third-order valence-corrected chi connectivity index (χ3v) is 7.39. The lowest BCUT2D eigenvalue weighted by Gasteiger charge is -2.09. The molecule has 0 radical (unpaired) electrons. The predicted octanol–water partition coefficient (Wildman–Crippen LogP) is 4.83. The normalized spacial score (nSPS) is 12.1. The van der Waals surface area contributed by atoms with Crippen LogP contribution in [-0.4, -0.2) is 15.4 Å². The summed E-state index contributed by atoms with van der Waals surface area (Å²) >= 11 is 1.00. The number of thiazole rings is 1. The van der Waals surface area contributed by atoms with Gasteiger partial charge in [0.05, 0.1) is 15.1 Å². The highest BCUT2D eigenvalue weighted by atomic mass is 32.1. The molecule has 5 rings (SSSR count). The number of aromatic nitrogens is 1.